The highest BCUT2D eigenvalue weighted by molar-refractivity contribution is 5.76. The molecule has 2 aliphatic rings. The topological polar surface area (TPSA) is 74.0 Å². The Bertz CT molecular complexity index is 1520. The quantitative estimate of drug-likeness (QED) is 0.654. The average Bonchev–Trinajstić information content (AvgIpc) is 2.95. The third-order valence-corrected chi connectivity index (χ3v) is 4.79. The van der Waals surface area contributed by atoms with E-state index in [1.807, 2.05) is 0 Å². The van der Waals surface area contributed by atoms with E-state index in [4.69, 9.17) is 48.7 Å². The number of benzene rings is 1. The fraction of sp³-hybridized carbons (Fsp3) is 0.708. The molecule has 0 aliphatic carbocycles. The van der Waals surface area contributed by atoms with Crippen LogP contribution in [0.3, 0.4) is 0 Å². The van der Waals surface area contributed by atoms with Crippen molar-refractivity contribution in [1.29, 1.82) is 0 Å². The molecule has 2 N–H and O–H groups in total. The van der Waals surface area contributed by atoms with Crippen molar-refractivity contribution in [2.45, 2.75) is 64.7 Å². The lowest BCUT2D eigenvalue weighted by molar-refractivity contribution is -0.160. The van der Waals surface area contributed by atoms with Crippen molar-refractivity contribution in [3.8, 4) is 11.5 Å². The van der Waals surface area contributed by atoms with Gasteiger partial charge in [-0.05, 0) is 47.8 Å². The van der Waals surface area contributed by atoms with E-state index < -0.39 is 113 Å². The number of hydrogen-bond acceptors (Lipinski definition) is 6. The summed E-state index contributed by atoms with van der Waals surface area (Å²) < 4.78 is 198. The van der Waals surface area contributed by atoms with Crippen LogP contribution in [0.4, 0.5) is 0 Å². The first-order valence-electron chi connectivity index (χ1n) is 19.9. The average molecular weight is 441 g/mol. The molecule has 3 unspecified atom stereocenters. The van der Waals surface area contributed by atoms with Crippen molar-refractivity contribution >= 4 is 5.97 Å². The molecule has 1 fully saturated rings. The molecule has 2 aliphatic heterocycles. The maximum absolute atomic E-state index is 13.7. The molecule has 0 spiro atoms. The van der Waals surface area contributed by atoms with Gasteiger partial charge in [-0.15, -0.1) is 0 Å². The van der Waals surface area contributed by atoms with Crippen LogP contribution >= 0.6 is 0 Å². The van der Waals surface area contributed by atoms with Crippen LogP contribution in [0.25, 0.3) is 0 Å². The minimum atomic E-state index is -4.15. The van der Waals surface area contributed by atoms with Crippen molar-refractivity contribution in [3.05, 3.63) is 23.3 Å². The summed E-state index contributed by atoms with van der Waals surface area (Å²) in [6.07, 6.45) is -10.7. The van der Waals surface area contributed by atoms with Crippen molar-refractivity contribution in [1.82, 2.24) is 4.90 Å². The molecule has 1 aromatic carbocycles. The maximum Gasteiger partial charge on any atom is 0.323 e. The van der Waals surface area contributed by atoms with Crippen molar-refractivity contribution in [2.75, 3.05) is 27.3 Å². The molecule has 2 heterocycles. The van der Waals surface area contributed by atoms with Crippen LogP contribution < -0.4 is 15.2 Å². The van der Waals surface area contributed by atoms with Gasteiger partial charge >= 0.3 is 5.97 Å². The minimum Gasteiger partial charge on any atom is -0.493 e. The lowest BCUT2D eigenvalue weighted by Crippen LogP contribution is -2.51. The fourth-order valence-corrected chi connectivity index (χ4v) is 3.34. The summed E-state index contributed by atoms with van der Waals surface area (Å²) in [6.45, 7) is -20.7. The standard InChI is InChI=1S/C24H38N2O4/c1-14(2)9-17-13-26-8-7-16-10-21(28-5)22(29-6)11-18(16)19(26)12-20(17)30-24(27)23(25)15(3)4/h10-11,14-15,17,19-20,23H,7-9,12-13,25H2,1-6H3/t17?,19?,20?,23-/m0/s1/i1D3,2D3,3D3,4D3,7D2,8D2,9D2,14D,15D,19D,23D. The van der Waals surface area contributed by atoms with Gasteiger partial charge in [0.05, 0.1) is 17.0 Å². The number of methoxy groups -OCH3 is 2. The summed E-state index contributed by atoms with van der Waals surface area (Å²) in [6, 6.07) is -4.67. The van der Waals surface area contributed by atoms with Gasteiger partial charge in [-0.1, -0.05) is 27.4 Å². The number of aryl methyl sites for hydroxylation is 1. The molecule has 6 nitrogen and oxygen atoms in total. The number of nitrogens with zero attached hydrogens (tertiary/aromatic N) is 1. The molecule has 0 radical (unpaired) electrons. The van der Waals surface area contributed by atoms with E-state index in [0.717, 1.165) is 12.1 Å². The van der Waals surface area contributed by atoms with Crippen LogP contribution in [0.15, 0.2) is 12.1 Å². The van der Waals surface area contributed by atoms with Crippen molar-refractivity contribution in [3.63, 3.8) is 0 Å². The van der Waals surface area contributed by atoms with Crippen LogP contribution in [-0.4, -0.2) is 50.3 Å². The molecule has 6 heteroatoms. The zero-order chi connectivity index (χ0) is 41.1. The van der Waals surface area contributed by atoms with Gasteiger partial charge in [0.15, 0.2) is 11.5 Å². The number of nitrogens with two attached hydrogens (primary N) is 1. The fourth-order valence-electron chi connectivity index (χ4n) is 3.34. The lowest BCUT2D eigenvalue weighted by Gasteiger charge is -2.47. The van der Waals surface area contributed by atoms with E-state index in [-0.39, 0.29) is 11.5 Å². The Morgan fingerprint density at radius 2 is 2.10 bits per heavy atom. The van der Waals surface area contributed by atoms with Gasteiger partial charge < -0.3 is 19.9 Å². The maximum atomic E-state index is 13.7. The summed E-state index contributed by atoms with van der Waals surface area (Å²) in [7, 11) is 2.34. The van der Waals surface area contributed by atoms with Crippen molar-refractivity contribution < 1.29 is 49.2 Å². The summed E-state index contributed by atoms with van der Waals surface area (Å²) in [5.41, 5.74) is 4.75. The van der Waals surface area contributed by atoms with Crippen LogP contribution in [0.5, 0.6) is 11.5 Å². The normalized spacial score (nSPS) is 45.4. The Labute approximate surface area is 211 Å². The molecule has 1 saturated heterocycles. The summed E-state index contributed by atoms with van der Waals surface area (Å²) >= 11 is 0. The van der Waals surface area contributed by atoms with Crippen molar-refractivity contribution in [2.24, 2.45) is 23.4 Å². The molecule has 0 amide bonds. The second-order valence-corrected chi connectivity index (χ2v) is 6.61. The smallest absolute Gasteiger partial charge is 0.323 e. The van der Waals surface area contributed by atoms with Gasteiger partial charge in [0.2, 0.25) is 0 Å². The number of carbonyl (C=O) groups excluding carboxylic acids is 1. The zero-order valence-corrected chi connectivity index (χ0v) is 16.4. The molecule has 1 aromatic rings. The highest BCUT2D eigenvalue weighted by Gasteiger charge is 2.41. The Morgan fingerprint density at radius 1 is 1.37 bits per heavy atom. The third-order valence-electron chi connectivity index (χ3n) is 4.79. The van der Waals surface area contributed by atoms with E-state index in [2.05, 4.69) is 0 Å². The molecule has 3 rings (SSSR count). The molecule has 0 aromatic heterocycles. The Balaban J connectivity index is 2.44. The van der Waals surface area contributed by atoms with Gasteiger partial charge in [0, 0.05) is 58.8 Å². The predicted octanol–water partition coefficient (Wildman–Crippen LogP) is 3.56. The second-order valence-electron chi connectivity index (χ2n) is 6.61. The van der Waals surface area contributed by atoms with Crippen LogP contribution in [0.1, 0.15) is 87.5 Å². The van der Waals surface area contributed by atoms with E-state index in [1.165, 1.54) is 14.2 Å². The first-order chi connectivity index (χ1) is 22.8. The number of esters is 1. The molecule has 0 bridgehead atoms. The monoisotopic (exact) mass is 440 g/mol. The Hall–Kier alpha value is -1.79. The SMILES string of the molecule is [2H]C12CC(OC(=O)[C@@]([2H])(N)C([2H])(C([2H])([2H])[2H])C([2H])([2H])[2H])C(C([2H])([2H])C([2H])(C([2H])([2H])[2H])C([2H])([2H])[2H])CN1C([2H])([2H])C([2H])([2H])c1cc(OC)c(OC)cc12. The van der Waals surface area contributed by atoms with E-state index in [9.17, 15) is 6.17 Å². The van der Waals surface area contributed by atoms with Crippen LogP contribution in [0.2, 0.25) is 0 Å². The molecular weight excluding hydrogens is 380 g/mol. The molecule has 168 valence electrons. The zero-order valence-electron chi connectivity index (χ0n) is 38.4. The summed E-state index contributed by atoms with van der Waals surface area (Å²) in [4.78, 5) is 14.1. The molecule has 30 heavy (non-hydrogen) atoms. The highest BCUT2D eigenvalue weighted by Crippen LogP contribution is 2.44. The molecular formula is C24H38N2O4. The number of hydrogen-bond donors (Lipinski definition) is 1. The number of piperidine rings is 1. The summed E-state index contributed by atoms with van der Waals surface area (Å²) in [5, 5.41) is 0. The van der Waals surface area contributed by atoms with Gasteiger partial charge in [-0.2, -0.15) is 0 Å². The third kappa shape index (κ3) is 4.75. The number of carbonyl (C=O) groups is 1. The van der Waals surface area contributed by atoms with Gasteiger partial charge in [0.25, 0.3) is 0 Å². The largest absolute Gasteiger partial charge is 0.493 e. The predicted molar refractivity (Wildman–Crippen MR) is 118 cm³/mol. The van der Waals surface area contributed by atoms with E-state index in [0.29, 0.717) is 4.90 Å². The number of rotatable bonds is 7. The second kappa shape index (κ2) is 9.56. The van der Waals surface area contributed by atoms with Gasteiger partial charge in [-0.3, -0.25) is 9.69 Å². The van der Waals surface area contributed by atoms with Crippen LogP contribution in [-0.2, 0) is 15.9 Å². The van der Waals surface area contributed by atoms with Crippen LogP contribution in [0, 0.1) is 17.7 Å². The minimum absolute atomic E-state index is 0.122. The van der Waals surface area contributed by atoms with Gasteiger partial charge in [-0.25, -0.2) is 0 Å². The first kappa shape index (κ1) is 7.66. The Morgan fingerprint density at radius 3 is 2.77 bits per heavy atom. The lowest BCUT2D eigenvalue weighted by atomic mass is 9.79. The molecule has 0 saturated carbocycles. The number of fused-ring (bicyclic) bond motifs is 3. The first-order valence-corrected chi connectivity index (χ1v) is 8.87. The van der Waals surface area contributed by atoms with E-state index in [1.54, 1.807) is 0 Å². The summed E-state index contributed by atoms with van der Waals surface area (Å²) in [5.74, 6) is -13.4. The van der Waals surface area contributed by atoms with E-state index >= 15 is 0 Å². The Kier molecular flexibility index (Phi) is 2.44. The molecule has 4 atom stereocenters. The highest BCUT2D eigenvalue weighted by atomic mass is 16.5. The number of ether oxygens (including phenoxy) is 3. The van der Waals surface area contributed by atoms with Gasteiger partial charge in [0.1, 0.15) is 12.1 Å².